The molecule has 1 fully saturated rings. The van der Waals surface area contributed by atoms with E-state index in [1.165, 1.54) is 24.3 Å². The fourth-order valence-electron chi connectivity index (χ4n) is 2.96. The van der Waals surface area contributed by atoms with Crippen LogP contribution in [0.3, 0.4) is 0 Å². The highest BCUT2D eigenvalue weighted by Gasteiger charge is 2.32. The number of urea groups is 1. The van der Waals surface area contributed by atoms with Crippen molar-refractivity contribution in [2.75, 3.05) is 19.0 Å². The minimum absolute atomic E-state index is 0.0155. The predicted molar refractivity (Wildman–Crippen MR) is 90.2 cm³/mol. The highest BCUT2D eigenvalue weighted by molar-refractivity contribution is 5.89. The lowest BCUT2D eigenvalue weighted by Crippen LogP contribution is -2.34. The first-order valence-electron chi connectivity index (χ1n) is 7.98. The second-order valence-electron chi connectivity index (χ2n) is 5.82. The molecule has 0 spiro atoms. The van der Waals surface area contributed by atoms with E-state index < -0.39 is 4.92 Å². The van der Waals surface area contributed by atoms with Crippen molar-refractivity contribution >= 4 is 17.4 Å². The molecule has 2 heterocycles. The number of carbonyl (C=O) groups excluding carboxylic acids is 1. The van der Waals surface area contributed by atoms with Gasteiger partial charge in [0.1, 0.15) is 18.1 Å². The van der Waals surface area contributed by atoms with Crippen LogP contribution in [0.1, 0.15) is 30.4 Å². The van der Waals surface area contributed by atoms with Gasteiger partial charge in [0.2, 0.25) is 0 Å². The quantitative estimate of drug-likeness (QED) is 0.658. The number of rotatable bonds is 5. The monoisotopic (exact) mass is 345 g/mol. The van der Waals surface area contributed by atoms with Crippen LogP contribution in [-0.2, 0) is 11.3 Å². The number of furan rings is 1. The second-order valence-corrected chi connectivity index (χ2v) is 5.82. The normalized spacial score (nSPS) is 16.8. The number of ether oxygens (including phenoxy) is 1. The summed E-state index contributed by atoms with van der Waals surface area (Å²) in [5.74, 6) is 1.46. The van der Waals surface area contributed by atoms with Crippen LogP contribution in [0.15, 0.2) is 40.8 Å². The summed E-state index contributed by atoms with van der Waals surface area (Å²) < 4.78 is 10.8. The Morgan fingerprint density at radius 3 is 2.80 bits per heavy atom. The molecular formula is C17H19N3O5. The van der Waals surface area contributed by atoms with Crippen molar-refractivity contribution in [1.29, 1.82) is 0 Å². The third-order valence-electron chi connectivity index (χ3n) is 4.14. The zero-order chi connectivity index (χ0) is 17.8. The number of benzene rings is 1. The summed E-state index contributed by atoms with van der Waals surface area (Å²) in [4.78, 5) is 24.5. The first-order valence-corrected chi connectivity index (χ1v) is 7.98. The van der Waals surface area contributed by atoms with Gasteiger partial charge in [0.15, 0.2) is 0 Å². The lowest BCUT2D eigenvalue weighted by atomic mass is 10.2. The Balaban J connectivity index is 1.68. The second kappa shape index (κ2) is 7.35. The maximum atomic E-state index is 12.6. The van der Waals surface area contributed by atoms with Crippen LogP contribution >= 0.6 is 0 Å². The average molecular weight is 345 g/mol. The Bertz CT molecular complexity index is 756. The summed E-state index contributed by atoms with van der Waals surface area (Å²) >= 11 is 0. The maximum Gasteiger partial charge on any atom is 0.322 e. The summed E-state index contributed by atoms with van der Waals surface area (Å²) in [6.07, 6.45) is 1.71. The van der Waals surface area contributed by atoms with Gasteiger partial charge in [-0.1, -0.05) is 0 Å². The van der Waals surface area contributed by atoms with Crippen molar-refractivity contribution in [3.05, 3.63) is 58.0 Å². The lowest BCUT2D eigenvalue weighted by molar-refractivity contribution is -0.384. The molecule has 1 saturated heterocycles. The zero-order valence-electron chi connectivity index (χ0n) is 13.8. The van der Waals surface area contributed by atoms with Gasteiger partial charge >= 0.3 is 6.03 Å². The van der Waals surface area contributed by atoms with E-state index in [0.717, 1.165) is 24.4 Å². The van der Waals surface area contributed by atoms with Crippen LogP contribution < -0.4 is 5.32 Å². The van der Waals surface area contributed by atoms with Crippen molar-refractivity contribution < 1.29 is 18.9 Å². The number of methoxy groups -OCH3 is 1. The number of likely N-dealkylation sites (tertiary alicyclic amines) is 1. The molecule has 3 rings (SSSR count). The number of non-ortho nitro benzene ring substituents is 1. The molecule has 0 unspecified atom stereocenters. The molecule has 8 nitrogen and oxygen atoms in total. The minimum atomic E-state index is -0.476. The Kier molecular flexibility index (Phi) is 4.99. The molecule has 0 radical (unpaired) electrons. The number of hydrogen-bond donors (Lipinski definition) is 1. The third kappa shape index (κ3) is 3.80. The van der Waals surface area contributed by atoms with Crippen molar-refractivity contribution in [3.63, 3.8) is 0 Å². The van der Waals surface area contributed by atoms with Gasteiger partial charge in [-0.15, -0.1) is 0 Å². The summed E-state index contributed by atoms with van der Waals surface area (Å²) in [5.41, 5.74) is 0.499. The summed E-state index contributed by atoms with van der Waals surface area (Å²) in [5, 5.41) is 13.5. The highest BCUT2D eigenvalue weighted by atomic mass is 16.6. The predicted octanol–water partition coefficient (Wildman–Crippen LogP) is 3.70. The van der Waals surface area contributed by atoms with E-state index in [9.17, 15) is 14.9 Å². The number of hydrogen-bond acceptors (Lipinski definition) is 5. The number of nitro benzene ring substituents is 1. The Morgan fingerprint density at radius 1 is 1.36 bits per heavy atom. The van der Waals surface area contributed by atoms with Gasteiger partial charge in [0, 0.05) is 31.5 Å². The number of carbonyl (C=O) groups is 1. The molecule has 1 aliphatic rings. The standard InChI is InChI=1S/C17H19N3O5/c1-24-11-14-8-9-16(25-14)15-3-2-10-19(15)17(21)18-12-4-6-13(7-5-12)20(22)23/h4-9,15H,2-3,10-11H2,1H3,(H,18,21)/t15-/m0/s1. The molecular weight excluding hydrogens is 326 g/mol. The molecule has 1 N–H and O–H groups in total. The first-order chi connectivity index (χ1) is 12.1. The van der Waals surface area contributed by atoms with Gasteiger partial charge in [-0.05, 0) is 37.1 Å². The zero-order valence-corrected chi connectivity index (χ0v) is 13.8. The molecule has 1 aromatic carbocycles. The summed E-state index contributed by atoms with van der Waals surface area (Å²) in [7, 11) is 1.60. The van der Waals surface area contributed by atoms with Gasteiger partial charge in [0.05, 0.1) is 11.0 Å². The molecule has 132 valence electrons. The maximum absolute atomic E-state index is 12.6. The summed E-state index contributed by atoms with van der Waals surface area (Å²) in [6, 6.07) is 9.11. The van der Waals surface area contributed by atoms with E-state index in [4.69, 9.17) is 9.15 Å². The Labute approximate surface area is 144 Å². The van der Waals surface area contributed by atoms with E-state index >= 15 is 0 Å². The lowest BCUT2D eigenvalue weighted by Gasteiger charge is -2.23. The van der Waals surface area contributed by atoms with Crippen LogP contribution in [0.25, 0.3) is 0 Å². The molecule has 2 amide bonds. The fourth-order valence-corrected chi connectivity index (χ4v) is 2.96. The van der Waals surface area contributed by atoms with Gasteiger partial charge in [0.25, 0.3) is 5.69 Å². The van der Waals surface area contributed by atoms with Crippen LogP contribution in [0.5, 0.6) is 0 Å². The SMILES string of the molecule is COCc1ccc([C@@H]2CCCN2C(=O)Nc2ccc([N+](=O)[O-])cc2)o1. The molecule has 1 aromatic heterocycles. The molecule has 25 heavy (non-hydrogen) atoms. The van der Waals surface area contributed by atoms with Crippen molar-refractivity contribution in [3.8, 4) is 0 Å². The molecule has 1 aliphatic heterocycles. The molecule has 2 aromatic rings. The molecule has 0 saturated carbocycles. The fraction of sp³-hybridized carbons (Fsp3) is 0.353. The van der Waals surface area contributed by atoms with Gasteiger partial charge in [-0.2, -0.15) is 0 Å². The molecule has 8 heteroatoms. The van der Waals surface area contributed by atoms with E-state index in [1.807, 2.05) is 12.1 Å². The highest BCUT2D eigenvalue weighted by Crippen LogP contribution is 2.33. The van der Waals surface area contributed by atoms with Crippen LogP contribution in [-0.4, -0.2) is 29.5 Å². The molecule has 0 bridgehead atoms. The van der Waals surface area contributed by atoms with Gasteiger partial charge in [-0.3, -0.25) is 10.1 Å². The largest absolute Gasteiger partial charge is 0.461 e. The van der Waals surface area contributed by atoms with Gasteiger partial charge in [-0.25, -0.2) is 4.79 Å². The Hall–Kier alpha value is -2.87. The number of anilines is 1. The van der Waals surface area contributed by atoms with E-state index in [0.29, 0.717) is 18.8 Å². The van der Waals surface area contributed by atoms with Crippen LogP contribution in [0.2, 0.25) is 0 Å². The van der Waals surface area contributed by atoms with Gasteiger partial charge < -0.3 is 19.4 Å². The molecule has 0 aliphatic carbocycles. The first kappa shape index (κ1) is 17.0. The topological polar surface area (TPSA) is 97.8 Å². The van der Waals surface area contributed by atoms with Crippen molar-refractivity contribution in [1.82, 2.24) is 4.90 Å². The van der Waals surface area contributed by atoms with Crippen LogP contribution in [0, 0.1) is 10.1 Å². The van der Waals surface area contributed by atoms with E-state index in [1.54, 1.807) is 12.0 Å². The average Bonchev–Trinajstić information content (AvgIpc) is 3.24. The van der Waals surface area contributed by atoms with Crippen LogP contribution in [0.4, 0.5) is 16.2 Å². The van der Waals surface area contributed by atoms with Crippen molar-refractivity contribution in [2.24, 2.45) is 0 Å². The Morgan fingerprint density at radius 2 is 2.12 bits per heavy atom. The minimum Gasteiger partial charge on any atom is -0.461 e. The summed E-state index contributed by atoms with van der Waals surface area (Å²) in [6.45, 7) is 1.02. The third-order valence-corrected chi connectivity index (χ3v) is 4.14. The number of nitrogens with one attached hydrogen (secondary N) is 1. The van der Waals surface area contributed by atoms with Crippen molar-refractivity contribution in [2.45, 2.75) is 25.5 Å². The molecule has 1 atom stereocenters. The smallest absolute Gasteiger partial charge is 0.322 e. The van der Waals surface area contributed by atoms with E-state index in [2.05, 4.69) is 5.32 Å². The number of nitro groups is 1. The number of nitrogens with zero attached hydrogens (tertiary/aromatic N) is 2. The van der Waals surface area contributed by atoms with E-state index in [-0.39, 0.29) is 17.8 Å². The number of amides is 2.